The van der Waals surface area contributed by atoms with Gasteiger partial charge in [-0.05, 0) is 0 Å². The number of hydrogen-bond donors (Lipinski definition) is 0. The van der Waals surface area contributed by atoms with Crippen LogP contribution >= 0.6 is 24.8 Å². The SMILES string of the molecule is O=[PH]([O-])[O-].O=[PH]([O-])[O-].O=[PH]([O-])[O-].[Ga+3].[Ga+3]. The van der Waals surface area contributed by atoms with Crippen LogP contribution in [-0.4, -0.2) is 39.6 Å². The first kappa shape index (κ1) is 29.6. The summed E-state index contributed by atoms with van der Waals surface area (Å²) in [4.78, 5) is 51.1. The Balaban J connectivity index is -0.0000000270. The van der Waals surface area contributed by atoms with Crippen LogP contribution in [0.5, 0.6) is 0 Å². The summed E-state index contributed by atoms with van der Waals surface area (Å²) in [6, 6.07) is 0. The van der Waals surface area contributed by atoms with E-state index in [9.17, 15) is 0 Å². The molecule has 0 aliphatic carbocycles. The summed E-state index contributed by atoms with van der Waals surface area (Å²) in [7, 11) is -10.9. The maximum atomic E-state index is 8.52. The van der Waals surface area contributed by atoms with Gasteiger partial charge in [-0.15, -0.1) is 0 Å². The van der Waals surface area contributed by atoms with Crippen molar-refractivity contribution in [2.75, 3.05) is 0 Å². The molecule has 0 spiro atoms. The van der Waals surface area contributed by atoms with Crippen molar-refractivity contribution in [3.8, 4) is 0 Å². The zero-order valence-corrected chi connectivity index (χ0v) is 14.2. The Morgan fingerprint density at radius 2 is 0.500 bits per heavy atom. The van der Waals surface area contributed by atoms with E-state index in [1.807, 2.05) is 0 Å². The minimum absolute atomic E-state index is 0. The van der Waals surface area contributed by atoms with E-state index in [0.717, 1.165) is 0 Å². The van der Waals surface area contributed by atoms with Gasteiger partial charge in [0, 0.05) is 0 Å². The van der Waals surface area contributed by atoms with Gasteiger partial charge in [-0.2, -0.15) is 0 Å². The maximum absolute atomic E-state index is 8.52. The second-order valence-electron chi connectivity index (χ2n) is 0.750. The molecule has 0 heterocycles. The molecule has 0 fully saturated rings. The van der Waals surface area contributed by atoms with Gasteiger partial charge in [0.25, 0.3) is 0 Å². The second kappa shape index (κ2) is 24.1. The monoisotopic (exact) mass is 378 g/mol. The molecule has 9 nitrogen and oxygen atoms in total. The van der Waals surface area contributed by atoms with Crippen molar-refractivity contribution in [1.82, 2.24) is 0 Å². The van der Waals surface area contributed by atoms with Crippen LogP contribution in [0.1, 0.15) is 0 Å². The molecule has 0 rings (SSSR count). The summed E-state index contributed by atoms with van der Waals surface area (Å²) >= 11 is 0. The average molecular weight is 379 g/mol. The van der Waals surface area contributed by atoms with E-state index in [1.54, 1.807) is 0 Å². The van der Waals surface area contributed by atoms with Gasteiger partial charge in [-0.25, -0.2) is 0 Å². The Hall–Kier alpha value is 1.72. The molecular weight excluding hydrogens is 376 g/mol. The molecule has 0 unspecified atom stereocenters. The van der Waals surface area contributed by atoms with Crippen molar-refractivity contribution in [1.29, 1.82) is 0 Å². The van der Waals surface area contributed by atoms with Gasteiger partial charge < -0.3 is 43.1 Å². The molecule has 0 aromatic rings. The fraction of sp³-hybridized carbons (Fsp3) is 0. The van der Waals surface area contributed by atoms with Gasteiger partial charge in [-0.3, -0.25) is 0 Å². The Morgan fingerprint density at radius 1 is 0.500 bits per heavy atom. The molecule has 0 atom stereocenters. The molecule has 0 amide bonds. The Morgan fingerprint density at radius 3 is 0.500 bits per heavy atom. The number of rotatable bonds is 0. The average Bonchev–Trinajstić information content (AvgIpc) is 1.54. The third-order valence-corrected chi connectivity index (χ3v) is 0. The molecule has 0 N–H and O–H groups in total. The van der Waals surface area contributed by atoms with Crippen LogP contribution in [0.2, 0.25) is 0 Å². The van der Waals surface area contributed by atoms with Gasteiger partial charge in [0.1, 0.15) is 0 Å². The third kappa shape index (κ3) is 748. The predicted octanol–water partition coefficient (Wildman–Crippen LogP) is -6.47. The van der Waals surface area contributed by atoms with Crippen LogP contribution in [0.4, 0.5) is 0 Å². The van der Waals surface area contributed by atoms with Crippen molar-refractivity contribution in [2.24, 2.45) is 0 Å². The van der Waals surface area contributed by atoms with Crippen LogP contribution < -0.4 is 29.4 Å². The van der Waals surface area contributed by atoms with Gasteiger partial charge in [0.15, 0.2) is 0 Å². The fourth-order valence-corrected chi connectivity index (χ4v) is 0. The summed E-state index contributed by atoms with van der Waals surface area (Å²) in [6.07, 6.45) is 0. The van der Waals surface area contributed by atoms with Crippen molar-refractivity contribution >= 4 is 64.3 Å². The first-order chi connectivity index (χ1) is 5.20. The standard InChI is InChI=1S/2Ga.3H3O3P/c;;3*1-4(2)3/h;;3*4H,(H2,1,2,3)/q2*+3;;;/p-6. The van der Waals surface area contributed by atoms with Crippen molar-refractivity contribution in [3.63, 3.8) is 0 Å². The zero-order chi connectivity index (χ0) is 10.7. The molecule has 0 saturated carbocycles. The molecule has 0 radical (unpaired) electrons. The molecule has 0 aliphatic rings. The Kier molecular flexibility index (Phi) is 51.1. The molecule has 0 bridgehead atoms. The molecule has 14 heavy (non-hydrogen) atoms. The van der Waals surface area contributed by atoms with Gasteiger partial charge in [0.05, 0.1) is 0 Å². The first-order valence-electron chi connectivity index (χ1n) is 1.84. The zero-order valence-electron chi connectivity index (χ0n) is 6.33. The summed E-state index contributed by atoms with van der Waals surface area (Å²) < 4.78 is 25.6. The smallest absolute Gasteiger partial charge is 0.813 e. The van der Waals surface area contributed by atoms with E-state index < -0.39 is 24.8 Å². The molecule has 78 valence electrons. The van der Waals surface area contributed by atoms with Crippen molar-refractivity contribution < 1.29 is 43.1 Å². The van der Waals surface area contributed by atoms with Crippen LogP contribution in [0.3, 0.4) is 0 Å². The van der Waals surface area contributed by atoms with Crippen molar-refractivity contribution in [2.45, 2.75) is 0 Å². The van der Waals surface area contributed by atoms with Crippen LogP contribution in [0.25, 0.3) is 0 Å². The van der Waals surface area contributed by atoms with Gasteiger partial charge in [0.2, 0.25) is 0 Å². The van der Waals surface area contributed by atoms with E-state index >= 15 is 0 Å². The summed E-state index contributed by atoms with van der Waals surface area (Å²) in [6.45, 7) is 0. The molecule has 0 aliphatic heterocycles. The topological polar surface area (TPSA) is 190 Å². The van der Waals surface area contributed by atoms with E-state index in [1.165, 1.54) is 0 Å². The van der Waals surface area contributed by atoms with E-state index in [2.05, 4.69) is 0 Å². The van der Waals surface area contributed by atoms with Crippen LogP contribution in [0.15, 0.2) is 0 Å². The molecule has 0 aromatic carbocycles. The van der Waals surface area contributed by atoms with E-state index in [-0.39, 0.29) is 39.6 Å². The molecular formula is H3Ga2O9P3. The Labute approximate surface area is 107 Å². The van der Waals surface area contributed by atoms with Crippen LogP contribution in [-0.2, 0) is 13.7 Å². The summed E-state index contributed by atoms with van der Waals surface area (Å²) in [5.74, 6) is 0. The minimum atomic E-state index is -3.63. The second-order valence-corrected chi connectivity index (χ2v) is 2.25. The molecule has 14 heteroatoms. The minimum Gasteiger partial charge on any atom is -0.813 e. The quantitative estimate of drug-likeness (QED) is 0.291. The number of hydrogen-bond acceptors (Lipinski definition) is 9. The normalized spacial score (nSPS) is 7.50. The summed E-state index contributed by atoms with van der Waals surface area (Å²) in [5, 5.41) is 0. The maximum Gasteiger partial charge on any atom is 3.00 e. The molecule has 0 saturated heterocycles. The van der Waals surface area contributed by atoms with Gasteiger partial charge in [-0.1, -0.05) is 24.8 Å². The fourth-order valence-electron chi connectivity index (χ4n) is 0. The largest absolute Gasteiger partial charge is 3.00 e. The van der Waals surface area contributed by atoms with Gasteiger partial charge >= 0.3 is 39.6 Å². The first-order valence-corrected chi connectivity index (χ1v) is 5.51. The van der Waals surface area contributed by atoms with Crippen molar-refractivity contribution in [3.05, 3.63) is 0 Å². The third-order valence-electron chi connectivity index (χ3n) is 0. The van der Waals surface area contributed by atoms with E-state index in [4.69, 9.17) is 43.1 Å². The Bertz CT molecular complexity index is 116. The summed E-state index contributed by atoms with van der Waals surface area (Å²) in [5.41, 5.74) is 0. The predicted molar refractivity (Wildman–Crippen MR) is 38.5 cm³/mol. The molecule has 0 aromatic heterocycles. The van der Waals surface area contributed by atoms with Crippen LogP contribution in [0, 0.1) is 0 Å². The van der Waals surface area contributed by atoms with E-state index in [0.29, 0.717) is 0 Å².